The number of carbonyl (C=O) groups excluding carboxylic acids is 1. The number of hydrogen-bond donors (Lipinski definition) is 1. The third kappa shape index (κ3) is 5.12. The molecule has 0 atom stereocenters. The number of carbonyl (C=O) groups is 1. The molecule has 2 rings (SSSR count). The molecular formula is C21H31NO2. The molecule has 0 fully saturated rings. The molecule has 132 valence electrons. The molecule has 0 amide bonds. The summed E-state index contributed by atoms with van der Waals surface area (Å²) in [6.45, 7) is 5.14. The van der Waals surface area contributed by atoms with Crippen molar-refractivity contribution in [1.82, 2.24) is 5.32 Å². The molecule has 0 saturated heterocycles. The number of cyclic esters (lactones) is 1. The monoisotopic (exact) mass is 329 g/mol. The van der Waals surface area contributed by atoms with Crippen molar-refractivity contribution >= 4 is 5.97 Å². The van der Waals surface area contributed by atoms with E-state index < -0.39 is 5.60 Å². The Morgan fingerprint density at radius 3 is 2.17 bits per heavy atom. The van der Waals surface area contributed by atoms with Gasteiger partial charge >= 0.3 is 5.97 Å². The van der Waals surface area contributed by atoms with Gasteiger partial charge < -0.3 is 10.1 Å². The largest absolute Gasteiger partial charge is 0.449 e. The minimum atomic E-state index is -0.434. The van der Waals surface area contributed by atoms with E-state index in [1.807, 2.05) is 18.2 Å². The van der Waals surface area contributed by atoms with Crippen molar-refractivity contribution in [2.24, 2.45) is 0 Å². The van der Waals surface area contributed by atoms with Crippen LogP contribution in [0.15, 0.2) is 42.1 Å². The average molecular weight is 329 g/mol. The Labute approximate surface area is 146 Å². The third-order valence-electron chi connectivity index (χ3n) is 4.74. The predicted octanol–water partition coefficient (Wildman–Crippen LogP) is 5.12. The summed E-state index contributed by atoms with van der Waals surface area (Å²) in [4.78, 5) is 12.0. The van der Waals surface area contributed by atoms with Crippen molar-refractivity contribution in [2.45, 2.75) is 77.4 Å². The van der Waals surface area contributed by atoms with Gasteiger partial charge in [-0.3, -0.25) is 0 Å². The van der Waals surface area contributed by atoms with E-state index in [0.29, 0.717) is 0 Å². The summed E-state index contributed by atoms with van der Waals surface area (Å²) in [5.74, 6) is -0.196. The maximum absolute atomic E-state index is 12.0. The summed E-state index contributed by atoms with van der Waals surface area (Å²) in [5, 5.41) is 3.49. The minimum absolute atomic E-state index is 0.196. The second-order valence-corrected chi connectivity index (χ2v) is 6.73. The van der Waals surface area contributed by atoms with E-state index in [2.05, 4.69) is 31.3 Å². The number of ether oxygens (including phenoxy) is 1. The average Bonchev–Trinajstić information content (AvgIpc) is 2.90. The molecule has 1 aromatic rings. The lowest BCUT2D eigenvalue weighted by molar-refractivity contribution is -0.147. The first-order chi connectivity index (χ1) is 11.7. The fraction of sp³-hybridized carbons (Fsp3) is 0.571. The number of benzene rings is 1. The summed E-state index contributed by atoms with van der Waals surface area (Å²) >= 11 is 0. The number of esters is 1. The summed E-state index contributed by atoms with van der Waals surface area (Å²) in [7, 11) is 0. The highest BCUT2D eigenvalue weighted by Crippen LogP contribution is 2.37. The third-order valence-corrected chi connectivity index (χ3v) is 4.74. The molecule has 0 aliphatic carbocycles. The van der Waals surface area contributed by atoms with Crippen LogP contribution in [0.3, 0.4) is 0 Å². The first-order valence-electron chi connectivity index (χ1n) is 9.43. The van der Waals surface area contributed by atoms with Gasteiger partial charge in [0.05, 0.1) is 5.70 Å². The molecule has 0 unspecified atom stereocenters. The van der Waals surface area contributed by atoms with Crippen LogP contribution in [0.25, 0.3) is 0 Å². The van der Waals surface area contributed by atoms with Gasteiger partial charge in [-0.15, -0.1) is 0 Å². The molecule has 1 heterocycles. The molecule has 1 N–H and O–H groups in total. The Balaban J connectivity index is 2.06. The van der Waals surface area contributed by atoms with E-state index in [1.54, 1.807) is 6.08 Å². The minimum Gasteiger partial charge on any atom is -0.449 e. The van der Waals surface area contributed by atoms with E-state index in [4.69, 9.17) is 4.74 Å². The lowest BCUT2D eigenvalue weighted by atomic mass is 9.87. The van der Waals surface area contributed by atoms with Crippen molar-refractivity contribution < 1.29 is 9.53 Å². The summed E-state index contributed by atoms with van der Waals surface area (Å²) in [6.07, 6.45) is 10.4. The van der Waals surface area contributed by atoms with Crippen molar-refractivity contribution in [3.05, 3.63) is 47.7 Å². The molecule has 1 aliphatic rings. The van der Waals surface area contributed by atoms with Crippen LogP contribution >= 0.6 is 0 Å². The smallest absolute Gasteiger partial charge is 0.333 e. The van der Waals surface area contributed by atoms with E-state index in [1.165, 1.54) is 31.2 Å². The van der Waals surface area contributed by atoms with E-state index >= 15 is 0 Å². The molecule has 0 bridgehead atoms. The van der Waals surface area contributed by atoms with Gasteiger partial charge in [-0.05, 0) is 31.2 Å². The number of unbranched alkanes of at least 4 members (excludes halogenated alkanes) is 4. The zero-order valence-electron chi connectivity index (χ0n) is 15.1. The highest BCUT2D eigenvalue weighted by Gasteiger charge is 2.42. The molecule has 0 radical (unpaired) electrons. The molecule has 0 saturated carbocycles. The van der Waals surface area contributed by atoms with Gasteiger partial charge in [0.25, 0.3) is 0 Å². The van der Waals surface area contributed by atoms with Gasteiger partial charge in [0.1, 0.15) is 0 Å². The molecular weight excluding hydrogens is 298 g/mol. The molecule has 0 aromatic heterocycles. The highest BCUT2D eigenvalue weighted by molar-refractivity contribution is 5.86. The van der Waals surface area contributed by atoms with Crippen LogP contribution in [-0.4, -0.2) is 11.6 Å². The van der Waals surface area contributed by atoms with Crippen LogP contribution in [0.4, 0.5) is 0 Å². The standard InChI is InChI=1S/C21H31NO2/c1-3-5-10-14-21(15-11-6-4-2)19(16-20(23)24-21)22-17-18-12-8-7-9-13-18/h7-9,12-13,16,22H,3-6,10-11,14-15,17H2,1-2H3. The molecule has 3 heteroatoms. The van der Waals surface area contributed by atoms with Crippen LogP contribution < -0.4 is 5.32 Å². The van der Waals surface area contributed by atoms with Gasteiger partial charge in [-0.2, -0.15) is 0 Å². The van der Waals surface area contributed by atoms with Gasteiger partial charge in [0.2, 0.25) is 0 Å². The summed E-state index contributed by atoms with van der Waals surface area (Å²) < 4.78 is 5.85. The Morgan fingerprint density at radius 1 is 0.958 bits per heavy atom. The zero-order chi connectivity index (χ0) is 17.3. The molecule has 0 spiro atoms. The van der Waals surface area contributed by atoms with Crippen LogP contribution in [0, 0.1) is 0 Å². The zero-order valence-corrected chi connectivity index (χ0v) is 15.1. The SMILES string of the molecule is CCCCCC1(CCCCC)OC(=O)C=C1NCc1ccccc1. The fourth-order valence-corrected chi connectivity index (χ4v) is 3.35. The van der Waals surface area contributed by atoms with Crippen LogP contribution in [0.2, 0.25) is 0 Å². The summed E-state index contributed by atoms with van der Waals surface area (Å²) in [6, 6.07) is 10.3. The molecule has 1 aliphatic heterocycles. The number of rotatable bonds is 11. The van der Waals surface area contributed by atoms with Gasteiger partial charge in [-0.25, -0.2) is 4.79 Å². The Hall–Kier alpha value is -1.77. The maximum Gasteiger partial charge on any atom is 0.333 e. The predicted molar refractivity (Wildman–Crippen MR) is 98.5 cm³/mol. The molecule has 3 nitrogen and oxygen atoms in total. The van der Waals surface area contributed by atoms with E-state index in [0.717, 1.165) is 37.9 Å². The normalized spacial score (nSPS) is 15.9. The van der Waals surface area contributed by atoms with Crippen molar-refractivity contribution in [2.75, 3.05) is 0 Å². The van der Waals surface area contributed by atoms with Crippen LogP contribution in [0.1, 0.15) is 70.8 Å². The molecule has 24 heavy (non-hydrogen) atoms. The molecule has 1 aromatic carbocycles. The van der Waals surface area contributed by atoms with Crippen molar-refractivity contribution in [3.8, 4) is 0 Å². The second kappa shape index (κ2) is 9.51. The van der Waals surface area contributed by atoms with E-state index in [9.17, 15) is 4.79 Å². The van der Waals surface area contributed by atoms with Crippen molar-refractivity contribution in [1.29, 1.82) is 0 Å². The second-order valence-electron chi connectivity index (χ2n) is 6.73. The first kappa shape index (κ1) is 18.6. The Bertz CT molecular complexity index is 526. The first-order valence-corrected chi connectivity index (χ1v) is 9.43. The topological polar surface area (TPSA) is 38.3 Å². The highest BCUT2D eigenvalue weighted by atomic mass is 16.6. The van der Waals surface area contributed by atoms with Crippen molar-refractivity contribution in [3.63, 3.8) is 0 Å². The maximum atomic E-state index is 12.0. The quantitative estimate of drug-likeness (QED) is 0.452. The Morgan fingerprint density at radius 2 is 1.58 bits per heavy atom. The van der Waals surface area contributed by atoms with Gasteiger partial charge in [0.15, 0.2) is 5.60 Å². The fourth-order valence-electron chi connectivity index (χ4n) is 3.35. The number of hydrogen-bond acceptors (Lipinski definition) is 3. The Kier molecular flexibility index (Phi) is 7.36. The van der Waals surface area contributed by atoms with E-state index in [-0.39, 0.29) is 5.97 Å². The lowest BCUT2D eigenvalue weighted by Crippen LogP contribution is -2.38. The number of nitrogens with one attached hydrogen (secondary N) is 1. The van der Waals surface area contributed by atoms with Gasteiger partial charge in [0, 0.05) is 12.6 Å². The van der Waals surface area contributed by atoms with Gasteiger partial charge in [-0.1, -0.05) is 69.9 Å². The summed E-state index contributed by atoms with van der Waals surface area (Å²) in [5.41, 5.74) is 1.76. The van der Waals surface area contributed by atoms with Crippen LogP contribution in [-0.2, 0) is 16.1 Å². The van der Waals surface area contributed by atoms with Crippen LogP contribution in [0.5, 0.6) is 0 Å². The lowest BCUT2D eigenvalue weighted by Gasteiger charge is -2.32.